The largest absolute Gasteiger partial charge is 0.353 e. The Balaban J connectivity index is 1.51. The molecule has 1 aromatic carbocycles. The van der Waals surface area contributed by atoms with Gasteiger partial charge in [0.1, 0.15) is 5.82 Å². The number of hydrogen-bond acceptors (Lipinski definition) is 4. The first-order valence-electron chi connectivity index (χ1n) is 8.54. The summed E-state index contributed by atoms with van der Waals surface area (Å²) in [6, 6.07) is 11.8. The minimum Gasteiger partial charge on any atom is -0.353 e. The van der Waals surface area contributed by atoms with Gasteiger partial charge in [0.2, 0.25) is 0 Å². The number of rotatable bonds is 2. The monoisotopic (exact) mass is 335 g/mol. The normalized spacial score (nSPS) is 17.9. The summed E-state index contributed by atoms with van der Waals surface area (Å²) in [4.78, 5) is 29.0. The fraction of sp³-hybridized carbons (Fsp3) is 0.316. The van der Waals surface area contributed by atoms with E-state index in [0.29, 0.717) is 12.1 Å². The summed E-state index contributed by atoms with van der Waals surface area (Å²) in [5.74, 6) is 1.05. The van der Waals surface area contributed by atoms with Crippen LogP contribution in [0.3, 0.4) is 0 Å². The van der Waals surface area contributed by atoms with Crippen LogP contribution in [0.25, 0.3) is 11.0 Å². The molecule has 128 valence electrons. The number of benzene rings is 1. The molecule has 2 aromatic heterocycles. The number of nitrogens with one attached hydrogen (secondary N) is 1. The zero-order valence-electron chi connectivity index (χ0n) is 14.4. The highest BCUT2D eigenvalue weighted by Gasteiger charge is 2.28. The Morgan fingerprint density at radius 3 is 2.92 bits per heavy atom. The van der Waals surface area contributed by atoms with Crippen LogP contribution in [0.1, 0.15) is 23.0 Å². The number of anilines is 1. The highest BCUT2D eigenvalue weighted by molar-refractivity contribution is 5.97. The number of pyridine rings is 1. The Morgan fingerprint density at radius 1 is 1.24 bits per heavy atom. The van der Waals surface area contributed by atoms with Crippen molar-refractivity contribution >= 4 is 22.8 Å². The van der Waals surface area contributed by atoms with Gasteiger partial charge in [0.05, 0.1) is 17.4 Å². The number of nitrogens with zero attached hydrogens (tertiary/aromatic N) is 4. The standard InChI is InChI=1S/C19H21N5O/c1-13-4-3-5-18(22-13)23-8-9-24(14(2)11-23)19(25)15-6-7-16-17(10-15)21-12-20-16/h3-7,10,12,14H,8-9,11H2,1-2H3,(H,20,21)/t14-/m0/s1. The molecule has 1 N–H and O–H groups in total. The topological polar surface area (TPSA) is 65.1 Å². The van der Waals surface area contributed by atoms with Crippen molar-refractivity contribution in [2.45, 2.75) is 19.9 Å². The van der Waals surface area contributed by atoms with Gasteiger partial charge in [-0.05, 0) is 44.2 Å². The molecule has 4 rings (SSSR count). The van der Waals surface area contributed by atoms with Crippen LogP contribution in [0.2, 0.25) is 0 Å². The second kappa shape index (κ2) is 6.20. The molecule has 3 heterocycles. The molecular formula is C19H21N5O. The summed E-state index contributed by atoms with van der Waals surface area (Å²) < 4.78 is 0. The molecule has 1 saturated heterocycles. The fourth-order valence-electron chi connectivity index (χ4n) is 3.41. The molecule has 0 aliphatic carbocycles. The Morgan fingerprint density at radius 2 is 2.12 bits per heavy atom. The van der Waals surface area contributed by atoms with Crippen LogP contribution < -0.4 is 4.90 Å². The van der Waals surface area contributed by atoms with E-state index in [1.54, 1.807) is 6.33 Å². The minimum absolute atomic E-state index is 0.0702. The van der Waals surface area contributed by atoms with E-state index in [2.05, 4.69) is 26.8 Å². The predicted molar refractivity (Wildman–Crippen MR) is 97.8 cm³/mol. The van der Waals surface area contributed by atoms with Crippen molar-refractivity contribution in [3.05, 3.63) is 54.0 Å². The number of aryl methyl sites for hydroxylation is 1. The maximum absolute atomic E-state index is 12.9. The number of hydrogen-bond donors (Lipinski definition) is 1. The highest BCUT2D eigenvalue weighted by Crippen LogP contribution is 2.20. The summed E-state index contributed by atoms with van der Waals surface area (Å²) in [6.45, 7) is 6.36. The molecule has 1 aliphatic rings. The predicted octanol–water partition coefficient (Wildman–Crippen LogP) is 2.62. The summed E-state index contributed by atoms with van der Waals surface area (Å²) in [6.07, 6.45) is 1.65. The first-order valence-corrected chi connectivity index (χ1v) is 8.54. The number of aromatic amines is 1. The second-order valence-corrected chi connectivity index (χ2v) is 6.57. The molecule has 3 aromatic rings. The van der Waals surface area contributed by atoms with E-state index in [0.717, 1.165) is 35.6 Å². The van der Waals surface area contributed by atoms with E-state index < -0.39 is 0 Å². The van der Waals surface area contributed by atoms with E-state index in [4.69, 9.17) is 0 Å². The molecule has 0 radical (unpaired) electrons. The summed E-state index contributed by atoms with van der Waals surface area (Å²) in [5, 5.41) is 0. The fourth-order valence-corrected chi connectivity index (χ4v) is 3.41. The van der Waals surface area contributed by atoms with Gasteiger partial charge in [-0.15, -0.1) is 0 Å². The van der Waals surface area contributed by atoms with Crippen molar-refractivity contribution in [2.24, 2.45) is 0 Å². The average molecular weight is 335 g/mol. The first kappa shape index (κ1) is 15.6. The van der Waals surface area contributed by atoms with Crippen LogP contribution in [0.4, 0.5) is 5.82 Å². The quantitative estimate of drug-likeness (QED) is 0.782. The maximum atomic E-state index is 12.9. The van der Waals surface area contributed by atoms with Gasteiger partial charge in [-0.3, -0.25) is 4.79 Å². The van der Waals surface area contributed by atoms with Gasteiger partial charge in [0.25, 0.3) is 5.91 Å². The van der Waals surface area contributed by atoms with Gasteiger partial charge in [-0.2, -0.15) is 0 Å². The average Bonchev–Trinajstić information content (AvgIpc) is 3.09. The number of piperazine rings is 1. The third-order valence-electron chi connectivity index (χ3n) is 4.75. The van der Waals surface area contributed by atoms with Gasteiger partial charge in [-0.1, -0.05) is 6.07 Å². The van der Waals surface area contributed by atoms with Crippen molar-refractivity contribution < 1.29 is 4.79 Å². The number of fused-ring (bicyclic) bond motifs is 1. The molecule has 1 atom stereocenters. The molecule has 25 heavy (non-hydrogen) atoms. The summed E-state index contributed by atoms with van der Waals surface area (Å²) in [7, 11) is 0. The second-order valence-electron chi connectivity index (χ2n) is 6.57. The summed E-state index contributed by atoms with van der Waals surface area (Å²) in [5.41, 5.74) is 3.48. The number of imidazole rings is 1. The number of H-pyrrole nitrogens is 1. The third kappa shape index (κ3) is 2.95. The molecule has 6 heteroatoms. The lowest BCUT2D eigenvalue weighted by Crippen LogP contribution is -2.54. The van der Waals surface area contributed by atoms with E-state index >= 15 is 0 Å². The lowest BCUT2D eigenvalue weighted by Gasteiger charge is -2.40. The third-order valence-corrected chi connectivity index (χ3v) is 4.75. The van der Waals surface area contributed by atoms with Crippen LogP contribution in [0.15, 0.2) is 42.7 Å². The van der Waals surface area contributed by atoms with Crippen LogP contribution in [0.5, 0.6) is 0 Å². The van der Waals surface area contributed by atoms with Crippen LogP contribution in [0, 0.1) is 6.92 Å². The van der Waals surface area contributed by atoms with Gasteiger partial charge < -0.3 is 14.8 Å². The number of carbonyl (C=O) groups excluding carboxylic acids is 1. The van der Waals surface area contributed by atoms with Crippen LogP contribution >= 0.6 is 0 Å². The molecule has 1 aliphatic heterocycles. The number of amides is 1. The van der Waals surface area contributed by atoms with Gasteiger partial charge in [-0.25, -0.2) is 9.97 Å². The number of carbonyl (C=O) groups is 1. The molecule has 1 amide bonds. The van der Waals surface area contributed by atoms with E-state index in [1.807, 2.05) is 48.2 Å². The number of aromatic nitrogens is 3. The van der Waals surface area contributed by atoms with Crippen molar-refractivity contribution in [1.82, 2.24) is 19.9 Å². The zero-order chi connectivity index (χ0) is 17.4. The summed E-state index contributed by atoms with van der Waals surface area (Å²) >= 11 is 0. The van der Waals surface area contributed by atoms with Crippen molar-refractivity contribution in [3.63, 3.8) is 0 Å². The Kier molecular flexibility index (Phi) is 3.87. The Labute approximate surface area is 146 Å². The van der Waals surface area contributed by atoms with Crippen molar-refractivity contribution in [1.29, 1.82) is 0 Å². The molecular weight excluding hydrogens is 314 g/mol. The Bertz CT molecular complexity index is 919. The molecule has 1 fully saturated rings. The van der Waals surface area contributed by atoms with Gasteiger partial charge in [0.15, 0.2) is 0 Å². The van der Waals surface area contributed by atoms with E-state index in [1.165, 1.54) is 0 Å². The van der Waals surface area contributed by atoms with Crippen molar-refractivity contribution in [2.75, 3.05) is 24.5 Å². The molecule has 0 saturated carbocycles. The first-order chi connectivity index (χ1) is 12.1. The minimum atomic E-state index is 0.0702. The van der Waals surface area contributed by atoms with E-state index in [-0.39, 0.29) is 11.9 Å². The molecule has 0 spiro atoms. The lowest BCUT2D eigenvalue weighted by atomic mass is 10.1. The molecule has 0 bridgehead atoms. The molecule has 0 unspecified atom stereocenters. The maximum Gasteiger partial charge on any atom is 0.254 e. The van der Waals surface area contributed by atoms with E-state index in [9.17, 15) is 4.79 Å². The van der Waals surface area contributed by atoms with Gasteiger partial charge in [0, 0.05) is 36.9 Å². The van der Waals surface area contributed by atoms with Crippen molar-refractivity contribution in [3.8, 4) is 0 Å². The van der Waals surface area contributed by atoms with Gasteiger partial charge >= 0.3 is 0 Å². The SMILES string of the molecule is Cc1cccc(N2CCN(C(=O)c3ccc4nc[nH]c4c3)[C@@H](C)C2)n1. The molecule has 6 nitrogen and oxygen atoms in total. The lowest BCUT2D eigenvalue weighted by molar-refractivity contribution is 0.0674. The highest BCUT2D eigenvalue weighted by atomic mass is 16.2. The Hall–Kier alpha value is -2.89. The smallest absolute Gasteiger partial charge is 0.254 e. The zero-order valence-corrected chi connectivity index (χ0v) is 14.4. The van der Waals surface area contributed by atoms with Crippen LogP contribution in [-0.2, 0) is 0 Å². The van der Waals surface area contributed by atoms with Crippen LogP contribution in [-0.4, -0.2) is 51.4 Å².